The topological polar surface area (TPSA) is 45.5 Å². The van der Waals surface area contributed by atoms with Gasteiger partial charge in [-0.2, -0.15) is 0 Å². The smallest absolute Gasteiger partial charge is 0.289 e. The van der Waals surface area contributed by atoms with Crippen molar-refractivity contribution in [1.29, 1.82) is 0 Å². The molecule has 2 atom stereocenters. The molecule has 1 N–H and O–H groups in total. The molecule has 4 nitrogen and oxygen atoms in total. The van der Waals surface area contributed by atoms with E-state index in [1.54, 1.807) is 6.07 Å². The SMILES string of the molecule is Cc1ccc(C(=O)N2CCC3CNCC3C2)o1.Cl. The van der Waals surface area contributed by atoms with Crippen LogP contribution in [0, 0.1) is 18.8 Å². The highest BCUT2D eigenvalue weighted by Crippen LogP contribution is 2.27. The summed E-state index contributed by atoms with van der Waals surface area (Å²) in [4.78, 5) is 14.2. The molecule has 0 aromatic carbocycles. The molecule has 0 spiro atoms. The van der Waals surface area contributed by atoms with Crippen molar-refractivity contribution in [2.75, 3.05) is 26.2 Å². The lowest BCUT2D eigenvalue weighted by molar-refractivity contribution is 0.0609. The van der Waals surface area contributed by atoms with E-state index in [9.17, 15) is 4.79 Å². The van der Waals surface area contributed by atoms with Crippen molar-refractivity contribution in [3.8, 4) is 0 Å². The molecule has 1 amide bonds. The predicted molar refractivity (Wildman–Crippen MR) is 71.1 cm³/mol. The van der Waals surface area contributed by atoms with Gasteiger partial charge in [0.2, 0.25) is 0 Å². The summed E-state index contributed by atoms with van der Waals surface area (Å²) < 4.78 is 5.40. The number of likely N-dealkylation sites (tertiary alicyclic amines) is 1. The Bertz CT molecular complexity index is 432. The number of nitrogens with one attached hydrogen (secondary N) is 1. The number of aryl methyl sites for hydroxylation is 1. The Balaban J connectivity index is 0.00000120. The fraction of sp³-hybridized carbons (Fsp3) is 0.615. The number of rotatable bonds is 1. The second-order valence-corrected chi connectivity index (χ2v) is 5.13. The molecule has 2 unspecified atom stereocenters. The highest BCUT2D eigenvalue weighted by molar-refractivity contribution is 5.91. The Morgan fingerprint density at radius 1 is 1.39 bits per heavy atom. The third-order valence-corrected chi connectivity index (χ3v) is 3.94. The molecule has 0 radical (unpaired) electrons. The van der Waals surface area contributed by atoms with Crippen LogP contribution in [0.2, 0.25) is 0 Å². The van der Waals surface area contributed by atoms with E-state index >= 15 is 0 Å². The average molecular weight is 271 g/mol. The fourth-order valence-corrected chi connectivity index (χ4v) is 2.92. The number of amides is 1. The molecular formula is C13H19ClN2O2. The largest absolute Gasteiger partial charge is 0.456 e. The first-order valence-corrected chi connectivity index (χ1v) is 6.30. The molecule has 100 valence electrons. The van der Waals surface area contributed by atoms with Gasteiger partial charge < -0.3 is 14.6 Å². The summed E-state index contributed by atoms with van der Waals surface area (Å²) in [6.07, 6.45) is 1.11. The van der Waals surface area contributed by atoms with Gasteiger partial charge in [-0.05, 0) is 50.4 Å². The lowest BCUT2D eigenvalue weighted by Gasteiger charge is -2.33. The molecule has 0 aliphatic carbocycles. The third-order valence-electron chi connectivity index (χ3n) is 3.94. The summed E-state index contributed by atoms with van der Waals surface area (Å²) in [6, 6.07) is 3.62. The quantitative estimate of drug-likeness (QED) is 0.845. The van der Waals surface area contributed by atoms with Gasteiger partial charge >= 0.3 is 0 Å². The maximum Gasteiger partial charge on any atom is 0.289 e. The van der Waals surface area contributed by atoms with E-state index in [1.807, 2.05) is 17.9 Å². The number of carbonyl (C=O) groups excluding carboxylic acids is 1. The van der Waals surface area contributed by atoms with E-state index in [4.69, 9.17) is 4.42 Å². The van der Waals surface area contributed by atoms with Crippen LogP contribution < -0.4 is 5.32 Å². The Hall–Kier alpha value is -1.00. The van der Waals surface area contributed by atoms with Crippen LogP contribution in [-0.4, -0.2) is 37.0 Å². The van der Waals surface area contributed by atoms with Crippen molar-refractivity contribution in [2.24, 2.45) is 11.8 Å². The zero-order chi connectivity index (χ0) is 11.8. The number of furan rings is 1. The van der Waals surface area contributed by atoms with E-state index in [1.165, 1.54) is 0 Å². The van der Waals surface area contributed by atoms with Crippen LogP contribution in [0.5, 0.6) is 0 Å². The Labute approximate surface area is 113 Å². The van der Waals surface area contributed by atoms with Gasteiger partial charge in [-0.25, -0.2) is 0 Å². The minimum absolute atomic E-state index is 0. The van der Waals surface area contributed by atoms with Gasteiger partial charge in [0.15, 0.2) is 5.76 Å². The second-order valence-electron chi connectivity index (χ2n) is 5.13. The van der Waals surface area contributed by atoms with Crippen molar-refractivity contribution in [1.82, 2.24) is 10.2 Å². The molecule has 2 aliphatic rings. The maximum absolute atomic E-state index is 12.2. The predicted octanol–water partition coefficient (Wildman–Crippen LogP) is 1.69. The summed E-state index contributed by atoms with van der Waals surface area (Å²) in [5, 5.41) is 3.41. The minimum Gasteiger partial charge on any atom is -0.456 e. The average Bonchev–Trinajstić information content (AvgIpc) is 2.95. The van der Waals surface area contributed by atoms with Crippen LogP contribution in [0.25, 0.3) is 0 Å². The van der Waals surface area contributed by atoms with E-state index in [-0.39, 0.29) is 18.3 Å². The van der Waals surface area contributed by atoms with Crippen molar-refractivity contribution in [2.45, 2.75) is 13.3 Å². The van der Waals surface area contributed by atoms with Crippen LogP contribution in [0.15, 0.2) is 16.5 Å². The van der Waals surface area contributed by atoms with E-state index < -0.39 is 0 Å². The maximum atomic E-state index is 12.2. The van der Waals surface area contributed by atoms with Gasteiger partial charge in [0.25, 0.3) is 5.91 Å². The van der Waals surface area contributed by atoms with E-state index in [0.29, 0.717) is 11.7 Å². The van der Waals surface area contributed by atoms with Crippen LogP contribution in [0.1, 0.15) is 22.7 Å². The molecule has 1 aromatic heterocycles. The Morgan fingerprint density at radius 3 is 2.89 bits per heavy atom. The summed E-state index contributed by atoms with van der Waals surface area (Å²) in [6.45, 7) is 5.76. The molecule has 3 heterocycles. The van der Waals surface area contributed by atoms with Crippen LogP contribution in [-0.2, 0) is 0 Å². The molecule has 5 heteroatoms. The first-order chi connectivity index (χ1) is 8.24. The number of piperidine rings is 1. The molecule has 2 saturated heterocycles. The van der Waals surface area contributed by atoms with Crippen LogP contribution in [0.4, 0.5) is 0 Å². The number of hydrogen-bond donors (Lipinski definition) is 1. The monoisotopic (exact) mass is 270 g/mol. The summed E-state index contributed by atoms with van der Waals surface area (Å²) >= 11 is 0. The van der Waals surface area contributed by atoms with E-state index in [2.05, 4.69) is 5.32 Å². The molecule has 3 rings (SSSR count). The molecular weight excluding hydrogens is 252 g/mol. The van der Waals surface area contributed by atoms with Gasteiger partial charge in [0.05, 0.1) is 0 Å². The van der Waals surface area contributed by atoms with Gasteiger partial charge in [-0.15, -0.1) is 12.4 Å². The molecule has 1 aromatic rings. The van der Waals surface area contributed by atoms with Crippen molar-refractivity contribution in [3.63, 3.8) is 0 Å². The number of fused-ring (bicyclic) bond motifs is 1. The molecule has 0 bridgehead atoms. The zero-order valence-electron chi connectivity index (χ0n) is 10.5. The number of halogens is 1. The standard InChI is InChI=1S/C13H18N2O2.ClH/c1-9-2-3-12(17-9)13(16)15-5-4-10-6-14-7-11(10)8-15;/h2-3,10-11,14H,4-8H2,1H3;1H. The van der Waals surface area contributed by atoms with Crippen LogP contribution in [0.3, 0.4) is 0 Å². The number of carbonyl (C=O) groups is 1. The first kappa shape index (κ1) is 13.4. The van der Waals surface area contributed by atoms with E-state index in [0.717, 1.165) is 44.3 Å². The second kappa shape index (κ2) is 5.33. The Kier molecular flexibility index (Phi) is 3.97. The van der Waals surface area contributed by atoms with Gasteiger partial charge in [-0.1, -0.05) is 0 Å². The van der Waals surface area contributed by atoms with Gasteiger partial charge in [-0.3, -0.25) is 4.79 Å². The van der Waals surface area contributed by atoms with Gasteiger partial charge in [0.1, 0.15) is 5.76 Å². The lowest BCUT2D eigenvalue weighted by Crippen LogP contribution is -2.43. The fourth-order valence-electron chi connectivity index (χ4n) is 2.92. The minimum atomic E-state index is 0. The summed E-state index contributed by atoms with van der Waals surface area (Å²) in [5.74, 6) is 2.71. The third kappa shape index (κ3) is 2.40. The van der Waals surface area contributed by atoms with Crippen LogP contribution >= 0.6 is 12.4 Å². The van der Waals surface area contributed by atoms with Gasteiger partial charge in [0, 0.05) is 13.1 Å². The normalized spacial score (nSPS) is 26.6. The molecule has 0 saturated carbocycles. The van der Waals surface area contributed by atoms with Crippen molar-refractivity contribution in [3.05, 3.63) is 23.7 Å². The summed E-state index contributed by atoms with van der Waals surface area (Å²) in [7, 11) is 0. The first-order valence-electron chi connectivity index (χ1n) is 6.30. The van der Waals surface area contributed by atoms with Crippen molar-refractivity contribution < 1.29 is 9.21 Å². The summed E-state index contributed by atoms with van der Waals surface area (Å²) in [5.41, 5.74) is 0. The van der Waals surface area contributed by atoms with Crippen molar-refractivity contribution >= 4 is 18.3 Å². The molecule has 18 heavy (non-hydrogen) atoms. The molecule has 2 fully saturated rings. The number of hydrogen-bond acceptors (Lipinski definition) is 3. The number of nitrogens with zero attached hydrogens (tertiary/aromatic N) is 1. The Morgan fingerprint density at radius 2 is 2.17 bits per heavy atom. The highest BCUT2D eigenvalue weighted by atomic mass is 35.5. The molecule has 2 aliphatic heterocycles. The lowest BCUT2D eigenvalue weighted by atomic mass is 9.88. The zero-order valence-corrected chi connectivity index (χ0v) is 11.3. The highest BCUT2D eigenvalue weighted by Gasteiger charge is 2.35.